The van der Waals surface area contributed by atoms with E-state index < -0.39 is 0 Å². The molecule has 1 N–H and O–H groups in total. The summed E-state index contributed by atoms with van der Waals surface area (Å²) in [6.45, 7) is 3.14. The van der Waals surface area contributed by atoms with Crippen LogP contribution in [0.2, 0.25) is 5.02 Å². The predicted octanol–water partition coefficient (Wildman–Crippen LogP) is 3.65. The first-order valence-corrected chi connectivity index (χ1v) is 7.51. The molecule has 0 saturated carbocycles. The first-order chi connectivity index (χ1) is 9.70. The number of carbonyl (C=O) groups excluding carboxylic acids is 1. The van der Waals surface area contributed by atoms with Crippen molar-refractivity contribution in [2.75, 3.05) is 13.3 Å². The number of piperidine rings is 1. The molecule has 0 bridgehead atoms. The average molecular weight is 297 g/mol. The van der Waals surface area contributed by atoms with Crippen molar-refractivity contribution in [1.29, 1.82) is 0 Å². The SMILES string of the molecule is CCC1CCCCN1C(=O)NCOc1ccc(Cl)cc1. The Morgan fingerprint density at radius 3 is 2.85 bits per heavy atom. The second-order valence-electron chi connectivity index (χ2n) is 4.98. The number of rotatable bonds is 4. The Kier molecular flexibility index (Phi) is 5.53. The minimum absolute atomic E-state index is 0.0366. The van der Waals surface area contributed by atoms with E-state index in [1.54, 1.807) is 24.3 Å². The third-order valence-corrected chi connectivity index (χ3v) is 3.89. The van der Waals surface area contributed by atoms with E-state index in [1.807, 2.05) is 4.90 Å². The number of hydrogen-bond donors (Lipinski definition) is 1. The molecule has 1 fully saturated rings. The monoisotopic (exact) mass is 296 g/mol. The number of ether oxygens (including phenoxy) is 1. The quantitative estimate of drug-likeness (QED) is 0.862. The van der Waals surface area contributed by atoms with Gasteiger partial charge in [0, 0.05) is 17.6 Å². The lowest BCUT2D eigenvalue weighted by Crippen LogP contribution is -2.49. The van der Waals surface area contributed by atoms with Crippen molar-refractivity contribution in [3.05, 3.63) is 29.3 Å². The Morgan fingerprint density at radius 2 is 2.15 bits per heavy atom. The average Bonchev–Trinajstić information content (AvgIpc) is 2.49. The number of nitrogens with zero attached hydrogens (tertiary/aromatic N) is 1. The van der Waals surface area contributed by atoms with Gasteiger partial charge >= 0.3 is 6.03 Å². The number of halogens is 1. The number of carbonyl (C=O) groups is 1. The molecule has 1 aliphatic rings. The molecule has 0 aromatic heterocycles. The highest BCUT2D eigenvalue weighted by Crippen LogP contribution is 2.19. The van der Waals surface area contributed by atoms with Gasteiger partial charge in [-0.25, -0.2) is 4.79 Å². The molecule has 1 atom stereocenters. The van der Waals surface area contributed by atoms with Crippen molar-refractivity contribution in [3.63, 3.8) is 0 Å². The lowest BCUT2D eigenvalue weighted by molar-refractivity contribution is 0.141. The van der Waals surface area contributed by atoms with Crippen LogP contribution in [0.4, 0.5) is 4.79 Å². The minimum Gasteiger partial charge on any atom is -0.473 e. The van der Waals surface area contributed by atoms with Gasteiger partial charge in [-0.1, -0.05) is 18.5 Å². The molecule has 0 aliphatic carbocycles. The van der Waals surface area contributed by atoms with Crippen LogP contribution in [-0.4, -0.2) is 30.2 Å². The molecular weight excluding hydrogens is 276 g/mol. The van der Waals surface area contributed by atoms with Crippen LogP contribution in [0.15, 0.2) is 24.3 Å². The highest BCUT2D eigenvalue weighted by molar-refractivity contribution is 6.30. The zero-order chi connectivity index (χ0) is 14.4. The van der Waals surface area contributed by atoms with Gasteiger partial charge in [-0.2, -0.15) is 0 Å². The van der Waals surface area contributed by atoms with Gasteiger partial charge in [0.15, 0.2) is 6.73 Å². The third kappa shape index (κ3) is 4.04. The Hall–Kier alpha value is -1.42. The van der Waals surface area contributed by atoms with Gasteiger partial charge in [-0.15, -0.1) is 0 Å². The predicted molar refractivity (Wildman–Crippen MR) is 80.1 cm³/mol. The molecule has 1 saturated heterocycles. The molecule has 2 amide bonds. The van der Waals surface area contributed by atoms with Gasteiger partial charge in [0.25, 0.3) is 0 Å². The lowest BCUT2D eigenvalue weighted by atomic mass is 10.0. The largest absolute Gasteiger partial charge is 0.473 e. The van der Waals surface area contributed by atoms with Crippen LogP contribution >= 0.6 is 11.6 Å². The summed E-state index contributed by atoms with van der Waals surface area (Å²) in [6.07, 6.45) is 4.40. The summed E-state index contributed by atoms with van der Waals surface area (Å²) in [5.74, 6) is 0.695. The van der Waals surface area contributed by atoms with Crippen LogP contribution in [0.3, 0.4) is 0 Å². The van der Waals surface area contributed by atoms with Gasteiger partial charge in [0.05, 0.1) is 0 Å². The van der Waals surface area contributed by atoms with E-state index in [1.165, 1.54) is 6.42 Å². The maximum absolute atomic E-state index is 12.1. The van der Waals surface area contributed by atoms with Crippen LogP contribution in [0.5, 0.6) is 5.75 Å². The molecule has 20 heavy (non-hydrogen) atoms. The fraction of sp³-hybridized carbons (Fsp3) is 0.533. The normalized spacial score (nSPS) is 18.7. The molecular formula is C15H21ClN2O2. The molecule has 0 spiro atoms. The van der Waals surface area contributed by atoms with Crippen molar-refractivity contribution in [2.24, 2.45) is 0 Å². The Labute approximate surface area is 125 Å². The van der Waals surface area contributed by atoms with Crippen LogP contribution in [-0.2, 0) is 0 Å². The second-order valence-corrected chi connectivity index (χ2v) is 5.41. The fourth-order valence-corrected chi connectivity index (χ4v) is 2.63. The third-order valence-electron chi connectivity index (χ3n) is 3.64. The van der Waals surface area contributed by atoms with Gasteiger partial charge in [0.1, 0.15) is 5.75 Å². The highest BCUT2D eigenvalue weighted by Gasteiger charge is 2.24. The molecule has 1 aliphatic heterocycles. The van der Waals surface area contributed by atoms with Crippen LogP contribution in [0.1, 0.15) is 32.6 Å². The summed E-state index contributed by atoms with van der Waals surface area (Å²) >= 11 is 5.80. The van der Waals surface area contributed by atoms with Crippen molar-refractivity contribution >= 4 is 17.6 Å². The van der Waals surface area contributed by atoms with Gasteiger partial charge in [0.2, 0.25) is 0 Å². The van der Waals surface area contributed by atoms with Crippen LogP contribution in [0.25, 0.3) is 0 Å². The van der Waals surface area contributed by atoms with Crippen LogP contribution < -0.4 is 10.1 Å². The molecule has 2 rings (SSSR count). The first kappa shape index (κ1) is 15.0. The van der Waals surface area contributed by atoms with Gasteiger partial charge in [-0.05, 0) is 49.9 Å². The molecule has 5 heteroatoms. The number of nitrogens with one attached hydrogen (secondary N) is 1. The minimum atomic E-state index is -0.0366. The maximum Gasteiger partial charge on any atom is 0.320 e. The molecule has 4 nitrogen and oxygen atoms in total. The molecule has 1 heterocycles. The Balaban J connectivity index is 1.78. The topological polar surface area (TPSA) is 41.6 Å². The maximum atomic E-state index is 12.1. The van der Waals surface area contributed by atoms with E-state index in [2.05, 4.69) is 12.2 Å². The highest BCUT2D eigenvalue weighted by atomic mass is 35.5. The summed E-state index contributed by atoms with van der Waals surface area (Å²) in [5, 5.41) is 3.48. The summed E-state index contributed by atoms with van der Waals surface area (Å²) in [5.41, 5.74) is 0. The van der Waals surface area contributed by atoms with Crippen molar-refractivity contribution in [3.8, 4) is 5.75 Å². The first-order valence-electron chi connectivity index (χ1n) is 7.13. The summed E-state index contributed by atoms with van der Waals surface area (Å²) in [7, 11) is 0. The number of urea groups is 1. The lowest BCUT2D eigenvalue weighted by Gasteiger charge is -2.35. The number of hydrogen-bond acceptors (Lipinski definition) is 2. The Bertz CT molecular complexity index is 436. The van der Waals surface area contributed by atoms with Crippen molar-refractivity contribution in [2.45, 2.75) is 38.6 Å². The molecule has 1 aromatic rings. The standard InChI is InChI=1S/C15H21ClN2O2/c1-2-13-5-3-4-10-18(13)15(19)17-11-20-14-8-6-12(16)7-9-14/h6-9,13H,2-5,10-11H2,1H3,(H,17,19). The summed E-state index contributed by atoms with van der Waals surface area (Å²) in [6, 6.07) is 7.41. The zero-order valence-electron chi connectivity index (χ0n) is 11.8. The van der Waals surface area contributed by atoms with Gasteiger partial charge in [-0.3, -0.25) is 0 Å². The molecule has 110 valence electrons. The van der Waals surface area contributed by atoms with E-state index in [0.717, 1.165) is 25.8 Å². The van der Waals surface area contributed by atoms with E-state index >= 15 is 0 Å². The second kappa shape index (κ2) is 7.39. The molecule has 0 radical (unpaired) electrons. The van der Waals surface area contributed by atoms with Crippen molar-refractivity contribution in [1.82, 2.24) is 10.2 Å². The molecule has 1 aromatic carbocycles. The van der Waals surface area contributed by atoms with E-state index in [9.17, 15) is 4.79 Å². The zero-order valence-corrected chi connectivity index (χ0v) is 12.5. The van der Waals surface area contributed by atoms with Crippen molar-refractivity contribution < 1.29 is 9.53 Å². The van der Waals surface area contributed by atoms with Crippen LogP contribution in [0, 0.1) is 0 Å². The van der Waals surface area contributed by atoms with E-state index in [-0.39, 0.29) is 12.8 Å². The van der Waals surface area contributed by atoms with Gasteiger partial charge < -0.3 is 15.0 Å². The number of amides is 2. The fourth-order valence-electron chi connectivity index (χ4n) is 2.51. The number of likely N-dealkylation sites (tertiary alicyclic amines) is 1. The summed E-state index contributed by atoms with van der Waals surface area (Å²) < 4.78 is 5.47. The smallest absolute Gasteiger partial charge is 0.320 e. The summed E-state index contributed by atoms with van der Waals surface area (Å²) in [4.78, 5) is 14.1. The number of benzene rings is 1. The Morgan fingerprint density at radius 1 is 1.40 bits per heavy atom. The van der Waals surface area contributed by atoms with E-state index in [0.29, 0.717) is 16.8 Å². The van der Waals surface area contributed by atoms with E-state index in [4.69, 9.17) is 16.3 Å². The molecule has 1 unspecified atom stereocenters.